The van der Waals surface area contributed by atoms with Crippen LogP contribution in [0.1, 0.15) is 17.3 Å². The van der Waals surface area contributed by atoms with Gasteiger partial charge in [0, 0.05) is 24.3 Å². The fraction of sp³-hybridized carbons (Fsp3) is 0.125. The van der Waals surface area contributed by atoms with Crippen molar-refractivity contribution in [3.8, 4) is 11.8 Å². The van der Waals surface area contributed by atoms with Crippen molar-refractivity contribution in [3.63, 3.8) is 0 Å². The number of carboxylic acid groups (broad SMARTS) is 1. The predicted molar refractivity (Wildman–Crippen MR) is 78.9 cm³/mol. The lowest BCUT2D eigenvalue weighted by Gasteiger charge is -2.12. The Labute approximate surface area is 121 Å². The van der Waals surface area contributed by atoms with Gasteiger partial charge in [-0.15, -0.1) is 0 Å². The van der Waals surface area contributed by atoms with Crippen molar-refractivity contribution >= 4 is 16.7 Å². The summed E-state index contributed by atoms with van der Waals surface area (Å²) in [5.74, 6) is -0.702. The van der Waals surface area contributed by atoms with E-state index in [9.17, 15) is 9.90 Å². The molecule has 0 aliphatic rings. The maximum Gasteiger partial charge on any atom is 0.339 e. The van der Waals surface area contributed by atoms with E-state index in [0.717, 1.165) is 10.8 Å². The third-order valence-electron chi connectivity index (χ3n) is 3.32. The van der Waals surface area contributed by atoms with Gasteiger partial charge < -0.3 is 14.4 Å². The Bertz CT molecular complexity index is 808. The van der Waals surface area contributed by atoms with E-state index in [2.05, 4.69) is 4.98 Å². The Kier molecular flexibility index (Phi) is 3.31. The van der Waals surface area contributed by atoms with Gasteiger partial charge in [-0.3, -0.25) is 0 Å². The number of aryl methyl sites for hydroxylation is 1. The lowest BCUT2D eigenvalue weighted by atomic mass is 10.1. The van der Waals surface area contributed by atoms with Gasteiger partial charge in [-0.1, -0.05) is 30.3 Å². The minimum Gasteiger partial charge on any atom is -0.478 e. The van der Waals surface area contributed by atoms with Crippen molar-refractivity contribution in [2.45, 2.75) is 13.5 Å². The van der Waals surface area contributed by atoms with Crippen LogP contribution < -0.4 is 4.74 Å². The first kappa shape index (κ1) is 13.2. The van der Waals surface area contributed by atoms with E-state index in [1.165, 1.54) is 0 Å². The van der Waals surface area contributed by atoms with Crippen molar-refractivity contribution in [1.29, 1.82) is 0 Å². The van der Waals surface area contributed by atoms with Gasteiger partial charge >= 0.3 is 12.0 Å². The molecule has 0 spiro atoms. The van der Waals surface area contributed by atoms with Crippen LogP contribution in [0.25, 0.3) is 10.8 Å². The molecular formula is C16H14N2O3. The molecule has 21 heavy (non-hydrogen) atoms. The van der Waals surface area contributed by atoms with Gasteiger partial charge in [-0.2, -0.15) is 0 Å². The van der Waals surface area contributed by atoms with Crippen LogP contribution in [-0.4, -0.2) is 20.6 Å². The van der Waals surface area contributed by atoms with E-state index in [-0.39, 0.29) is 5.56 Å². The molecule has 0 atom stereocenters. The van der Waals surface area contributed by atoms with Crippen molar-refractivity contribution in [2.24, 2.45) is 0 Å². The van der Waals surface area contributed by atoms with Gasteiger partial charge in [0.25, 0.3) is 0 Å². The Balaban J connectivity index is 2.19. The van der Waals surface area contributed by atoms with Crippen LogP contribution in [0, 0.1) is 0 Å². The number of rotatable bonds is 4. The van der Waals surface area contributed by atoms with E-state index < -0.39 is 5.97 Å². The third-order valence-corrected chi connectivity index (χ3v) is 3.32. The minimum absolute atomic E-state index is 0.124. The van der Waals surface area contributed by atoms with Crippen LogP contribution in [0.5, 0.6) is 11.8 Å². The summed E-state index contributed by atoms with van der Waals surface area (Å²) in [6, 6.07) is 11.2. The van der Waals surface area contributed by atoms with E-state index in [1.54, 1.807) is 24.5 Å². The number of nitrogens with zero attached hydrogens (tertiary/aromatic N) is 2. The van der Waals surface area contributed by atoms with Crippen LogP contribution in [0.3, 0.4) is 0 Å². The Hall–Kier alpha value is -2.82. The molecule has 3 aromatic rings. The molecule has 0 aliphatic heterocycles. The minimum atomic E-state index is -1.02. The van der Waals surface area contributed by atoms with Crippen molar-refractivity contribution in [1.82, 2.24) is 9.55 Å². The molecular weight excluding hydrogens is 268 g/mol. The van der Waals surface area contributed by atoms with Crippen molar-refractivity contribution < 1.29 is 14.6 Å². The summed E-state index contributed by atoms with van der Waals surface area (Å²) >= 11 is 0. The maximum atomic E-state index is 11.4. The molecule has 5 nitrogen and oxygen atoms in total. The molecule has 2 aromatic carbocycles. The van der Waals surface area contributed by atoms with Crippen LogP contribution in [-0.2, 0) is 6.54 Å². The fourth-order valence-corrected chi connectivity index (χ4v) is 2.25. The summed E-state index contributed by atoms with van der Waals surface area (Å²) in [6.07, 6.45) is 3.42. The number of benzene rings is 2. The molecule has 1 aromatic heterocycles. The lowest BCUT2D eigenvalue weighted by molar-refractivity contribution is 0.0694. The number of fused-ring (bicyclic) bond motifs is 1. The number of aromatic nitrogens is 2. The normalized spacial score (nSPS) is 10.7. The van der Waals surface area contributed by atoms with Crippen LogP contribution in [0.4, 0.5) is 0 Å². The largest absolute Gasteiger partial charge is 0.478 e. The molecule has 5 heteroatoms. The van der Waals surface area contributed by atoms with Crippen molar-refractivity contribution in [2.75, 3.05) is 0 Å². The molecule has 0 aliphatic carbocycles. The van der Waals surface area contributed by atoms with Crippen LogP contribution in [0.2, 0.25) is 0 Å². The first-order valence-electron chi connectivity index (χ1n) is 6.64. The maximum absolute atomic E-state index is 11.4. The van der Waals surface area contributed by atoms with E-state index in [1.807, 2.05) is 35.8 Å². The average Bonchev–Trinajstić information content (AvgIpc) is 2.94. The molecule has 0 bridgehead atoms. The standard InChI is InChI=1S/C16H14N2O3/c1-2-18-10-9-17-16(18)21-14-12-6-4-3-5-11(12)7-8-13(14)15(19)20/h3-10H,2H2,1H3,(H,19,20). The summed E-state index contributed by atoms with van der Waals surface area (Å²) < 4.78 is 7.63. The molecule has 0 saturated carbocycles. The smallest absolute Gasteiger partial charge is 0.339 e. The highest BCUT2D eigenvalue weighted by Crippen LogP contribution is 2.33. The zero-order chi connectivity index (χ0) is 14.8. The molecule has 1 N–H and O–H groups in total. The number of imidazole rings is 1. The number of ether oxygens (including phenoxy) is 1. The Morgan fingerprint density at radius 3 is 2.86 bits per heavy atom. The third kappa shape index (κ3) is 2.33. The molecule has 0 amide bonds. The van der Waals surface area contributed by atoms with E-state index in [0.29, 0.717) is 18.3 Å². The molecule has 1 heterocycles. The van der Waals surface area contributed by atoms with E-state index >= 15 is 0 Å². The van der Waals surface area contributed by atoms with Gasteiger partial charge in [0.15, 0.2) is 5.75 Å². The van der Waals surface area contributed by atoms with Gasteiger partial charge in [0.2, 0.25) is 0 Å². The zero-order valence-corrected chi connectivity index (χ0v) is 11.5. The summed E-state index contributed by atoms with van der Waals surface area (Å²) in [6.45, 7) is 2.66. The molecule has 3 rings (SSSR count). The lowest BCUT2D eigenvalue weighted by Crippen LogP contribution is -2.03. The van der Waals surface area contributed by atoms with Gasteiger partial charge in [0.1, 0.15) is 5.56 Å². The number of aromatic carboxylic acids is 1. The predicted octanol–water partition coefficient (Wildman–Crippen LogP) is 3.55. The Morgan fingerprint density at radius 2 is 2.10 bits per heavy atom. The second-order valence-electron chi connectivity index (χ2n) is 4.57. The average molecular weight is 282 g/mol. The highest BCUT2D eigenvalue weighted by molar-refractivity contribution is 6.00. The SMILES string of the molecule is CCn1ccnc1Oc1c(C(=O)O)ccc2ccccc12. The highest BCUT2D eigenvalue weighted by Gasteiger charge is 2.17. The van der Waals surface area contributed by atoms with Gasteiger partial charge in [-0.25, -0.2) is 9.78 Å². The summed E-state index contributed by atoms with van der Waals surface area (Å²) in [5, 5.41) is 11.0. The monoisotopic (exact) mass is 282 g/mol. The summed E-state index contributed by atoms with van der Waals surface area (Å²) in [7, 11) is 0. The van der Waals surface area contributed by atoms with Gasteiger partial charge in [0.05, 0.1) is 0 Å². The Morgan fingerprint density at radius 1 is 1.29 bits per heavy atom. The molecule has 0 saturated heterocycles. The topological polar surface area (TPSA) is 64.4 Å². The second-order valence-corrected chi connectivity index (χ2v) is 4.57. The van der Waals surface area contributed by atoms with Crippen LogP contribution >= 0.6 is 0 Å². The number of hydrogen-bond acceptors (Lipinski definition) is 3. The quantitative estimate of drug-likeness (QED) is 0.794. The fourth-order valence-electron chi connectivity index (χ4n) is 2.25. The number of carboxylic acids is 1. The number of carbonyl (C=O) groups is 1. The summed E-state index contributed by atoms with van der Waals surface area (Å²) in [4.78, 5) is 15.6. The number of hydrogen-bond donors (Lipinski definition) is 1. The zero-order valence-electron chi connectivity index (χ0n) is 11.5. The highest BCUT2D eigenvalue weighted by atomic mass is 16.5. The first-order chi connectivity index (χ1) is 10.2. The molecule has 0 fully saturated rings. The van der Waals surface area contributed by atoms with Crippen LogP contribution in [0.15, 0.2) is 48.8 Å². The van der Waals surface area contributed by atoms with Crippen molar-refractivity contribution in [3.05, 3.63) is 54.4 Å². The summed E-state index contributed by atoms with van der Waals surface area (Å²) in [5.41, 5.74) is 0.124. The van der Waals surface area contributed by atoms with Gasteiger partial charge in [-0.05, 0) is 18.4 Å². The molecule has 0 unspecified atom stereocenters. The molecule has 0 radical (unpaired) electrons. The first-order valence-corrected chi connectivity index (χ1v) is 6.64. The second kappa shape index (κ2) is 5.28. The van der Waals surface area contributed by atoms with E-state index in [4.69, 9.17) is 4.74 Å². The molecule has 106 valence electrons.